The van der Waals surface area contributed by atoms with Gasteiger partial charge in [0.05, 0.1) is 6.20 Å². The molecule has 0 spiro atoms. The van der Waals surface area contributed by atoms with Gasteiger partial charge in [0, 0.05) is 19.3 Å². The van der Waals surface area contributed by atoms with E-state index in [1.165, 1.54) is 22.3 Å². The van der Waals surface area contributed by atoms with Crippen LogP contribution in [0.5, 0.6) is 0 Å². The molecule has 0 aliphatic rings. The number of benzene rings is 1. The van der Waals surface area contributed by atoms with Crippen molar-refractivity contribution in [3.05, 3.63) is 52.8 Å². The standard InChI is InChI=1S/C15H22N4/c1-11-6-12(2)8-14(7-11)15(18-16)5-4-13-9-17-19(3)10-13/h6-10,15,18H,4-5,16H2,1-3H3. The number of hydrazine groups is 1. The third-order valence-corrected chi connectivity index (χ3v) is 3.33. The third kappa shape index (κ3) is 3.66. The van der Waals surface area contributed by atoms with Crippen LogP contribution in [0.2, 0.25) is 0 Å². The number of aromatic nitrogens is 2. The minimum absolute atomic E-state index is 0.179. The van der Waals surface area contributed by atoms with Crippen LogP contribution in [0.4, 0.5) is 0 Å². The van der Waals surface area contributed by atoms with Gasteiger partial charge in [0.2, 0.25) is 0 Å². The Kier molecular flexibility index (Phi) is 4.35. The Labute approximate surface area is 114 Å². The summed E-state index contributed by atoms with van der Waals surface area (Å²) in [5.41, 5.74) is 7.97. The van der Waals surface area contributed by atoms with E-state index in [0.29, 0.717) is 0 Å². The van der Waals surface area contributed by atoms with Crippen LogP contribution in [-0.2, 0) is 13.5 Å². The third-order valence-electron chi connectivity index (χ3n) is 3.33. The average molecular weight is 258 g/mol. The van der Waals surface area contributed by atoms with Crippen molar-refractivity contribution >= 4 is 0 Å². The van der Waals surface area contributed by atoms with Crippen LogP contribution in [0.1, 0.15) is 34.7 Å². The van der Waals surface area contributed by atoms with Gasteiger partial charge in [0.15, 0.2) is 0 Å². The topological polar surface area (TPSA) is 55.9 Å². The highest BCUT2D eigenvalue weighted by molar-refractivity contribution is 5.30. The highest BCUT2D eigenvalue weighted by Crippen LogP contribution is 2.21. The van der Waals surface area contributed by atoms with Crippen LogP contribution in [-0.4, -0.2) is 9.78 Å². The summed E-state index contributed by atoms with van der Waals surface area (Å²) in [7, 11) is 1.94. The molecule has 0 fully saturated rings. The van der Waals surface area contributed by atoms with E-state index in [9.17, 15) is 0 Å². The zero-order chi connectivity index (χ0) is 13.8. The molecule has 102 valence electrons. The summed E-state index contributed by atoms with van der Waals surface area (Å²) in [6.45, 7) is 4.23. The Morgan fingerprint density at radius 1 is 1.26 bits per heavy atom. The molecule has 1 aromatic heterocycles. The minimum Gasteiger partial charge on any atom is -0.276 e. The second kappa shape index (κ2) is 5.99. The molecular formula is C15H22N4. The molecule has 0 aliphatic carbocycles. The maximum Gasteiger partial charge on any atom is 0.0521 e. The lowest BCUT2D eigenvalue weighted by molar-refractivity contribution is 0.516. The SMILES string of the molecule is Cc1cc(C)cc(C(CCc2cnn(C)c2)NN)c1. The predicted molar refractivity (Wildman–Crippen MR) is 77.5 cm³/mol. The van der Waals surface area contributed by atoms with E-state index in [-0.39, 0.29) is 6.04 Å². The Bertz CT molecular complexity index is 525. The van der Waals surface area contributed by atoms with Crippen LogP contribution >= 0.6 is 0 Å². The number of rotatable bonds is 5. The highest BCUT2D eigenvalue weighted by atomic mass is 15.2. The van der Waals surface area contributed by atoms with Gasteiger partial charge in [0.1, 0.15) is 0 Å². The van der Waals surface area contributed by atoms with Gasteiger partial charge in [-0.2, -0.15) is 5.10 Å². The van der Waals surface area contributed by atoms with Gasteiger partial charge in [-0.3, -0.25) is 16.0 Å². The van der Waals surface area contributed by atoms with Crippen LogP contribution < -0.4 is 11.3 Å². The molecule has 0 aliphatic heterocycles. The van der Waals surface area contributed by atoms with Gasteiger partial charge in [0.25, 0.3) is 0 Å². The van der Waals surface area contributed by atoms with Crippen molar-refractivity contribution in [2.75, 3.05) is 0 Å². The number of nitrogens with two attached hydrogens (primary N) is 1. The molecule has 0 radical (unpaired) electrons. The van der Waals surface area contributed by atoms with Crippen LogP contribution in [0.3, 0.4) is 0 Å². The molecule has 2 rings (SSSR count). The van der Waals surface area contributed by atoms with Gasteiger partial charge in [-0.05, 0) is 37.8 Å². The Balaban J connectivity index is 2.07. The molecule has 1 unspecified atom stereocenters. The second-order valence-electron chi connectivity index (χ2n) is 5.20. The first-order valence-corrected chi connectivity index (χ1v) is 6.60. The molecule has 1 heterocycles. The lowest BCUT2D eigenvalue weighted by Crippen LogP contribution is -2.28. The Morgan fingerprint density at radius 2 is 1.95 bits per heavy atom. The molecule has 4 nitrogen and oxygen atoms in total. The van der Waals surface area contributed by atoms with Crippen molar-refractivity contribution in [1.82, 2.24) is 15.2 Å². The summed E-state index contributed by atoms with van der Waals surface area (Å²) in [5.74, 6) is 5.70. The van der Waals surface area contributed by atoms with E-state index in [2.05, 4.69) is 48.8 Å². The van der Waals surface area contributed by atoms with E-state index in [0.717, 1.165) is 12.8 Å². The Hall–Kier alpha value is -1.65. The van der Waals surface area contributed by atoms with Crippen molar-refractivity contribution in [2.45, 2.75) is 32.7 Å². The van der Waals surface area contributed by atoms with Crippen molar-refractivity contribution < 1.29 is 0 Å². The number of aryl methyl sites for hydroxylation is 4. The quantitative estimate of drug-likeness (QED) is 0.638. The first kappa shape index (κ1) is 13.8. The summed E-state index contributed by atoms with van der Waals surface area (Å²) in [5, 5.41) is 4.19. The lowest BCUT2D eigenvalue weighted by atomic mass is 9.97. The van der Waals surface area contributed by atoms with E-state index in [1.54, 1.807) is 0 Å². The van der Waals surface area contributed by atoms with Gasteiger partial charge < -0.3 is 0 Å². The first-order valence-electron chi connectivity index (χ1n) is 6.60. The summed E-state index contributed by atoms with van der Waals surface area (Å²) in [6.07, 6.45) is 5.89. The van der Waals surface area contributed by atoms with Crippen molar-refractivity contribution in [3.63, 3.8) is 0 Å². The molecule has 3 N–H and O–H groups in total. The molecule has 0 bridgehead atoms. The fraction of sp³-hybridized carbons (Fsp3) is 0.400. The van der Waals surface area contributed by atoms with E-state index in [4.69, 9.17) is 5.84 Å². The molecule has 0 amide bonds. The van der Waals surface area contributed by atoms with Crippen molar-refractivity contribution in [1.29, 1.82) is 0 Å². The van der Waals surface area contributed by atoms with Gasteiger partial charge >= 0.3 is 0 Å². The number of hydrogen-bond acceptors (Lipinski definition) is 3. The zero-order valence-corrected chi connectivity index (χ0v) is 11.9. The highest BCUT2D eigenvalue weighted by Gasteiger charge is 2.11. The minimum atomic E-state index is 0.179. The fourth-order valence-electron chi connectivity index (χ4n) is 2.47. The molecule has 2 aromatic rings. The van der Waals surface area contributed by atoms with Gasteiger partial charge in [-0.1, -0.05) is 29.3 Å². The van der Waals surface area contributed by atoms with Crippen molar-refractivity contribution in [2.24, 2.45) is 12.9 Å². The first-order chi connectivity index (χ1) is 9.08. The fourth-order valence-corrected chi connectivity index (χ4v) is 2.47. The largest absolute Gasteiger partial charge is 0.276 e. The predicted octanol–water partition coefficient (Wildman–Crippen LogP) is 2.17. The number of nitrogens with zero attached hydrogens (tertiary/aromatic N) is 2. The van der Waals surface area contributed by atoms with Gasteiger partial charge in [-0.25, -0.2) is 0 Å². The average Bonchev–Trinajstić information content (AvgIpc) is 2.75. The molecule has 0 saturated heterocycles. The molecule has 4 heteroatoms. The normalized spacial score (nSPS) is 12.6. The maximum atomic E-state index is 5.70. The van der Waals surface area contributed by atoms with E-state index >= 15 is 0 Å². The van der Waals surface area contributed by atoms with E-state index in [1.807, 2.05) is 17.9 Å². The van der Waals surface area contributed by atoms with Crippen LogP contribution in [0, 0.1) is 13.8 Å². The van der Waals surface area contributed by atoms with Crippen LogP contribution in [0.15, 0.2) is 30.6 Å². The van der Waals surface area contributed by atoms with Crippen molar-refractivity contribution in [3.8, 4) is 0 Å². The lowest BCUT2D eigenvalue weighted by Gasteiger charge is -2.17. The molecular weight excluding hydrogens is 236 g/mol. The molecule has 1 aromatic carbocycles. The van der Waals surface area contributed by atoms with Crippen LogP contribution in [0.25, 0.3) is 0 Å². The summed E-state index contributed by atoms with van der Waals surface area (Å²) in [4.78, 5) is 0. The Morgan fingerprint density at radius 3 is 2.47 bits per heavy atom. The van der Waals surface area contributed by atoms with E-state index < -0.39 is 0 Å². The second-order valence-corrected chi connectivity index (χ2v) is 5.20. The summed E-state index contributed by atoms with van der Waals surface area (Å²) in [6, 6.07) is 6.75. The van der Waals surface area contributed by atoms with Gasteiger partial charge in [-0.15, -0.1) is 0 Å². The number of nitrogens with one attached hydrogen (secondary N) is 1. The molecule has 19 heavy (non-hydrogen) atoms. The number of hydrogen-bond donors (Lipinski definition) is 2. The monoisotopic (exact) mass is 258 g/mol. The molecule has 1 atom stereocenters. The molecule has 0 saturated carbocycles. The summed E-state index contributed by atoms with van der Waals surface area (Å²) < 4.78 is 1.83. The summed E-state index contributed by atoms with van der Waals surface area (Å²) >= 11 is 0. The zero-order valence-electron chi connectivity index (χ0n) is 11.9. The smallest absolute Gasteiger partial charge is 0.0521 e. The maximum absolute atomic E-state index is 5.70.